The zero-order valence-corrected chi connectivity index (χ0v) is 12.0. The van der Waals surface area contributed by atoms with E-state index in [9.17, 15) is 10.2 Å². The predicted molar refractivity (Wildman–Crippen MR) is 70.9 cm³/mol. The summed E-state index contributed by atoms with van der Waals surface area (Å²) in [5, 5.41) is 21.6. The molecule has 3 unspecified atom stereocenters. The molecule has 3 atom stereocenters. The van der Waals surface area contributed by atoms with Crippen molar-refractivity contribution in [2.75, 3.05) is 13.2 Å². The minimum absolute atomic E-state index is 0.230. The van der Waals surface area contributed by atoms with Crippen LogP contribution < -0.4 is 0 Å². The number of epoxide rings is 1. The van der Waals surface area contributed by atoms with Gasteiger partial charge in [-0.1, -0.05) is 13.8 Å². The van der Waals surface area contributed by atoms with Crippen LogP contribution in [0.1, 0.15) is 52.4 Å². The maximum atomic E-state index is 10.8. The fourth-order valence-electron chi connectivity index (χ4n) is 4.55. The van der Waals surface area contributed by atoms with E-state index in [2.05, 4.69) is 13.8 Å². The highest BCUT2D eigenvalue weighted by atomic mass is 16.6. The summed E-state index contributed by atoms with van der Waals surface area (Å²) in [5.41, 5.74) is -1.90. The Hall–Kier alpha value is -0.160. The zero-order valence-electron chi connectivity index (χ0n) is 12.0. The smallest absolute Gasteiger partial charge is 0.104 e. The van der Waals surface area contributed by atoms with E-state index in [4.69, 9.17) is 9.47 Å². The van der Waals surface area contributed by atoms with Crippen molar-refractivity contribution in [2.24, 2.45) is 5.92 Å². The normalized spacial score (nSPS) is 53.1. The molecule has 0 aromatic heterocycles. The molecule has 3 fully saturated rings. The van der Waals surface area contributed by atoms with E-state index in [1.807, 2.05) is 0 Å². The van der Waals surface area contributed by atoms with Crippen molar-refractivity contribution in [3.63, 3.8) is 0 Å². The molecule has 0 amide bonds. The SMILES string of the molecule is CCC1(OCC2CO2)CC2(O)CC(C)CC(O)(C2)C1. The van der Waals surface area contributed by atoms with Crippen LogP contribution in [0, 0.1) is 5.92 Å². The molecule has 2 saturated carbocycles. The summed E-state index contributed by atoms with van der Waals surface area (Å²) in [6.45, 7) is 5.58. The van der Waals surface area contributed by atoms with Crippen LogP contribution in [0.4, 0.5) is 0 Å². The molecule has 4 heteroatoms. The Balaban J connectivity index is 1.78. The van der Waals surface area contributed by atoms with E-state index >= 15 is 0 Å². The summed E-state index contributed by atoms with van der Waals surface area (Å²) in [6.07, 6.45) is 4.42. The van der Waals surface area contributed by atoms with Gasteiger partial charge in [-0.2, -0.15) is 0 Å². The second kappa shape index (κ2) is 4.42. The van der Waals surface area contributed by atoms with Crippen LogP contribution in [0.5, 0.6) is 0 Å². The third kappa shape index (κ3) is 2.82. The lowest BCUT2D eigenvalue weighted by atomic mass is 9.58. The van der Waals surface area contributed by atoms with Gasteiger partial charge in [0.25, 0.3) is 0 Å². The first-order valence-electron chi connectivity index (χ1n) is 7.56. The van der Waals surface area contributed by atoms with Crippen molar-refractivity contribution in [3.8, 4) is 0 Å². The maximum absolute atomic E-state index is 10.8. The number of hydrogen-bond acceptors (Lipinski definition) is 4. The quantitative estimate of drug-likeness (QED) is 0.762. The molecular weight excluding hydrogens is 244 g/mol. The lowest BCUT2D eigenvalue weighted by molar-refractivity contribution is -0.227. The maximum Gasteiger partial charge on any atom is 0.104 e. The Morgan fingerprint density at radius 1 is 1.16 bits per heavy atom. The Morgan fingerprint density at radius 3 is 2.21 bits per heavy atom. The first-order chi connectivity index (χ1) is 8.86. The average Bonchev–Trinajstić information content (AvgIpc) is 3.05. The molecule has 110 valence electrons. The van der Waals surface area contributed by atoms with Crippen LogP contribution in [0.25, 0.3) is 0 Å². The van der Waals surface area contributed by atoms with E-state index in [1.54, 1.807) is 0 Å². The van der Waals surface area contributed by atoms with Gasteiger partial charge >= 0.3 is 0 Å². The Labute approximate surface area is 115 Å². The van der Waals surface area contributed by atoms with Gasteiger partial charge in [-0.15, -0.1) is 0 Å². The molecule has 19 heavy (non-hydrogen) atoms. The highest BCUT2D eigenvalue weighted by molar-refractivity contribution is 5.09. The van der Waals surface area contributed by atoms with Crippen molar-refractivity contribution in [1.82, 2.24) is 0 Å². The summed E-state index contributed by atoms with van der Waals surface area (Å²) in [5.74, 6) is 0.380. The van der Waals surface area contributed by atoms with Gasteiger partial charge in [-0.05, 0) is 25.2 Å². The summed E-state index contributed by atoms with van der Waals surface area (Å²) in [6, 6.07) is 0. The number of ether oxygens (including phenoxy) is 2. The number of aliphatic hydroxyl groups is 2. The van der Waals surface area contributed by atoms with Crippen molar-refractivity contribution in [2.45, 2.75) is 75.3 Å². The third-order valence-electron chi connectivity index (χ3n) is 5.04. The van der Waals surface area contributed by atoms with Crippen LogP contribution in [-0.4, -0.2) is 46.3 Å². The fourth-order valence-corrected chi connectivity index (χ4v) is 4.55. The number of rotatable bonds is 4. The van der Waals surface area contributed by atoms with Gasteiger partial charge in [0.1, 0.15) is 6.10 Å². The lowest BCUT2D eigenvalue weighted by Crippen LogP contribution is -2.61. The largest absolute Gasteiger partial charge is 0.390 e. The third-order valence-corrected chi connectivity index (χ3v) is 5.04. The molecule has 0 radical (unpaired) electrons. The molecule has 4 nitrogen and oxygen atoms in total. The lowest BCUT2D eigenvalue weighted by Gasteiger charge is -2.56. The molecule has 1 saturated heterocycles. The van der Waals surface area contributed by atoms with Crippen LogP contribution in [-0.2, 0) is 9.47 Å². The molecule has 3 aliphatic rings. The van der Waals surface area contributed by atoms with E-state index < -0.39 is 11.2 Å². The Kier molecular flexibility index (Phi) is 3.21. The minimum atomic E-state index is -0.759. The van der Waals surface area contributed by atoms with E-state index in [0.717, 1.165) is 25.9 Å². The Bertz CT molecular complexity index is 334. The van der Waals surface area contributed by atoms with E-state index in [1.165, 1.54) is 0 Å². The van der Waals surface area contributed by atoms with Crippen molar-refractivity contribution in [1.29, 1.82) is 0 Å². The summed E-state index contributed by atoms with van der Waals surface area (Å²) >= 11 is 0. The van der Waals surface area contributed by atoms with Gasteiger partial charge in [0, 0.05) is 19.3 Å². The second-order valence-electron chi connectivity index (χ2n) is 7.30. The molecular formula is C15H26O4. The molecule has 2 aliphatic carbocycles. The molecule has 0 aromatic carbocycles. The molecule has 1 aliphatic heterocycles. The monoisotopic (exact) mass is 270 g/mol. The topological polar surface area (TPSA) is 62.2 Å². The van der Waals surface area contributed by atoms with Gasteiger partial charge in [-0.3, -0.25) is 0 Å². The van der Waals surface area contributed by atoms with Gasteiger partial charge in [0.2, 0.25) is 0 Å². The van der Waals surface area contributed by atoms with E-state index in [-0.39, 0.29) is 11.7 Å². The second-order valence-corrected chi connectivity index (χ2v) is 7.30. The average molecular weight is 270 g/mol. The first kappa shape index (κ1) is 13.8. The van der Waals surface area contributed by atoms with E-state index in [0.29, 0.717) is 31.8 Å². The first-order valence-corrected chi connectivity index (χ1v) is 7.56. The highest BCUT2D eigenvalue weighted by Crippen LogP contribution is 2.53. The van der Waals surface area contributed by atoms with Crippen LogP contribution >= 0.6 is 0 Å². The molecule has 3 rings (SSSR count). The Morgan fingerprint density at radius 2 is 1.74 bits per heavy atom. The predicted octanol–water partition coefficient (Wildman–Crippen LogP) is 1.63. The van der Waals surface area contributed by atoms with Crippen LogP contribution in [0.2, 0.25) is 0 Å². The molecule has 2 bridgehead atoms. The zero-order chi connectivity index (χ0) is 13.7. The standard InChI is InChI=1S/C15H26O4/c1-3-15(19-7-12-6-18-12)9-13(16)4-11(2)5-14(17,8-13)10-15/h11-12,16-17H,3-10H2,1-2H3. The van der Waals surface area contributed by atoms with Crippen molar-refractivity contribution in [3.05, 3.63) is 0 Å². The van der Waals surface area contributed by atoms with Crippen LogP contribution in [0.15, 0.2) is 0 Å². The molecule has 1 heterocycles. The molecule has 0 aromatic rings. The fraction of sp³-hybridized carbons (Fsp3) is 1.00. The summed E-state index contributed by atoms with van der Waals surface area (Å²) in [7, 11) is 0. The van der Waals surface area contributed by atoms with Gasteiger partial charge in [0.15, 0.2) is 0 Å². The molecule has 2 N–H and O–H groups in total. The molecule has 0 spiro atoms. The summed E-state index contributed by atoms with van der Waals surface area (Å²) in [4.78, 5) is 0. The van der Waals surface area contributed by atoms with Crippen molar-refractivity contribution < 1.29 is 19.7 Å². The number of hydrogen-bond donors (Lipinski definition) is 2. The van der Waals surface area contributed by atoms with Gasteiger partial charge in [0.05, 0.1) is 30.0 Å². The number of fused-ring (bicyclic) bond motifs is 2. The van der Waals surface area contributed by atoms with Crippen molar-refractivity contribution >= 4 is 0 Å². The summed E-state index contributed by atoms with van der Waals surface area (Å²) < 4.78 is 11.3. The van der Waals surface area contributed by atoms with Gasteiger partial charge < -0.3 is 19.7 Å². The van der Waals surface area contributed by atoms with Crippen LogP contribution in [0.3, 0.4) is 0 Å². The minimum Gasteiger partial charge on any atom is -0.390 e. The highest BCUT2D eigenvalue weighted by Gasteiger charge is 2.57. The van der Waals surface area contributed by atoms with Gasteiger partial charge in [-0.25, -0.2) is 0 Å².